The third kappa shape index (κ3) is 4.27. The van der Waals surface area contributed by atoms with Crippen LogP contribution in [0.5, 0.6) is 5.75 Å². The van der Waals surface area contributed by atoms with E-state index < -0.39 is 6.10 Å². The van der Waals surface area contributed by atoms with Gasteiger partial charge in [0.2, 0.25) is 11.7 Å². The number of aromatic nitrogens is 2. The topological polar surface area (TPSA) is 77.2 Å². The maximum absolute atomic E-state index is 12.4. The molecule has 0 saturated heterocycles. The highest BCUT2D eigenvalue weighted by Gasteiger charge is 2.20. The SMILES string of the molecule is CC[C@H](Oc1ccccc1C)C(=O)NCc1nc(-c2ccccc2)no1. The van der Waals surface area contributed by atoms with Crippen molar-refractivity contribution in [3.05, 3.63) is 66.1 Å². The van der Waals surface area contributed by atoms with Crippen LogP contribution >= 0.6 is 0 Å². The van der Waals surface area contributed by atoms with Crippen molar-refractivity contribution >= 4 is 5.91 Å². The minimum absolute atomic E-state index is 0.159. The summed E-state index contributed by atoms with van der Waals surface area (Å²) in [7, 11) is 0. The first kappa shape index (κ1) is 17.7. The van der Waals surface area contributed by atoms with Gasteiger partial charge in [-0.15, -0.1) is 0 Å². The highest BCUT2D eigenvalue weighted by Crippen LogP contribution is 2.19. The Morgan fingerprint density at radius 3 is 2.62 bits per heavy atom. The average Bonchev–Trinajstić information content (AvgIpc) is 3.15. The van der Waals surface area contributed by atoms with Gasteiger partial charge >= 0.3 is 0 Å². The number of para-hydroxylation sites is 1. The number of aryl methyl sites for hydroxylation is 1. The van der Waals surface area contributed by atoms with Crippen LogP contribution in [-0.4, -0.2) is 22.2 Å². The summed E-state index contributed by atoms with van der Waals surface area (Å²) < 4.78 is 11.0. The normalized spacial score (nSPS) is 11.8. The summed E-state index contributed by atoms with van der Waals surface area (Å²) in [5, 5.41) is 6.73. The number of amides is 1. The molecule has 0 fully saturated rings. The van der Waals surface area contributed by atoms with Crippen LogP contribution in [0.4, 0.5) is 0 Å². The molecular weight excluding hydrogens is 330 g/mol. The number of nitrogens with zero attached hydrogens (tertiary/aromatic N) is 2. The Morgan fingerprint density at radius 2 is 1.88 bits per heavy atom. The van der Waals surface area contributed by atoms with Gasteiger partial charge in [0.25, 0.3) is 5.91 Å². The van der Waals surface area contributed by atoms with E-state index in [4.69, 9.17) is 9.26 Å². The van der Waals surface area contributed by atoms with Gasteiger partial charge in [0.15, 0.2) is 6.10 Å². The number of hydrogen-bond donors (Lipinski definition) is 1. The predicted molar refractivity (Wildman–Crippen MR) is 97.5 cm³/mol. The fraction of sp³-hybridized carbons (Fsp3) is 0.250. The first-order valence-corrected chi connectivity index (χ1v) is 8.55. The van der Waals surface area contributed by atoms with Crippen LogP contribution < -0.4 is 10.1 Å². The molecule has 0 radical (unpaired) electrons. The second kappa shape index (κ2) is 8.29. The Morgan fingerprint density at radius 1 is 1.15 bits per heavy atom. The molecule has 0 saturated carbocycles. The maximum atomic E-state index is 12.4. The molecule has 1 aromatic heterocycles. The monoisotopic (exact) mass is 351 g/mol. The van der Waals surface area contributed by atoms with E-state index in [1.165, 1.54) is 0 Å². The summed E-state index contributed by atoms with van der Waals surface area (Å²) in [6, 6.07) is 17.2. The Balaban J connectivity index is 1.59. The lowest BCUT2D eigenvalue weighted by Crippen LogP contribution is -2.37. The van der Waals surface area contributed by atoms with Crippen molar-refractivity contribution in [2.45, 2.75) is 32.9 Å². The smallest absolute Gasteiger partial charge is 0.261 e. The molecule has 3 aromatic rings. The highest BCUT2D eigenvalue weighted by atomic mass is 16.5. The van der Waals surface area contributed by atoms with E-state index in [-0.39, 0.29) is 12.5 Å². The summed E-state index contributed by atoms with van der Waals surface area (Å²) in [4.78, 5) is 16.7. The average molecular weight is 351 g/mol. The lowest BCUT2D eigenvalue weighted by atomic mass is 10.2. The Kier molecular flexibility index (Phi) is 5.63. The lowest BCUT2D eigenvalue weighted by Gasteiger charge is -2.18. The van der Waals surface area contributed by atoms with Crippen LogP contribution in [0.2, 0.25) is 0 Å². The van der Waals surface area contributed by atoms with Crippen LogP contribution in [0.15, 0.2) is 59.1 Å². The molecule has 1 atom stereocenters. The molecule has 0 unspecified atom stereocenters. The Bertz CT molecular complexity index is 862. The minimum atomic E-state index is -0.576. The van der Waals surface area contributed by atoms with E-state index in [2.05, 4.69) is 15.5 Å². The van der Waals surface area contributed by atoms with Gasteiger partial charge in [-0.3, -0.25) is 4.79 Å². The zero-order chi connectivity index (χ0) is 18.4. The van der Waals surface area contributed by atoms with E-state index in [0.29, 0.717) is 23.9 Å². The van der Waals surface area contributed by atoms with Crippen LogP contribution in [0, 0.1) is 6.92 Å². The van der Waals surface area contributed by atoms with Gasteiger partial charge in [0.05, 0.1) is 6.54 Å². The molecule has 6 heteroatoms. The maximum Gasteiger partial charge on any atom is 0.261 e. The van der Waals surface area contributed by atoms with E-state index in [9.17, 15) is 4.79 Å². The molecule has 0 bridgehead atoms. The first-order valence-electron chi connectivity index (χ1n) is 8.55. The van der Waals surface area contributed by atoms with Crippen LogP contribution in [0.3, 0.4) is 0 Å². The number of nitrogens with one attached hydrogen (secondary N) is 1. The van der Waals surface area contributed by atoms with Gasteiger partial charge in [0, 0.05) is 5.56 Å². The van der Waals surface area contributed by atoms with Gasteiger partial charge in [0.1, 0.15) is 5.75 Å². The second-order valence-corrected chi connectivity index (χ2v) is 5.88. The molecule has 6 nitrogen and oxygen atoms in total. The minimum Gasteiger partial charge on any atom is -0.480 e. The molecule has 0 aliphatic rings. The first-order chi connectivity index (χ1) is 12.7. The zero-order valence-electron chi connectivity index (χ0n) is 14.8. The van der Waals surface area contributed by atoms with Crippen molar-refractivity contribution in [2.75, 3.05) is 0 Å². The number of carbonyl (C=O) groups excluding carboxylic acids is 1. The van der Waals surface area contributed by atoms with E-state index in [1.807, 2.05) is 68.4 Å². The molecule has 0 spiro atoms. The number of carbonyl (C=O) groups is 1. The van der Waals surface area contributed by atoms with Crippen LogP contribution in [0.25, 0.3) is 11.4 Å². The molecule has 134 valence electrons. The van der Waals surface area contributed by atoms with Crippen molar-refractivity contribution in [1.29, 1.82) is 0 Å². The summed E-state index contributed by atoms with van der Waals surface area (Å²) in [6.07, 6.45) is -0.0215. The van der Waals surface area contributed by atoms with Crippen molar-refractivity contribution < 1.29 is 14.1 Å². The second-order valence-electron chi connectivity index (χ2n) is 5.88. The third-order valence-corrected chi connectivity index (χ3v) is 3.94. The van der Waals surface area contributed by atoms with Gasteiger partial charge in [-0.05, 0) is 25.0 Å². The van der Waals surface area contributed by atoms with Gasteiger partial charge < -0.3 is 14.6 Å². The molecule has 1 N–H and O–H groups in total. The standard InChI is InChI=1S/C20H21N3O3/c1-3-16(25-17-12-8-7-9-14(17)2)20(24)21-13-18-22-19(23-26-18)15-10-5-4-6-11-15/h4-12,16H,3,13H2,1-2H3,(H,21,24)/t16-/m0/s1. The molecular formula is C20H21N3O3. The van der Waals surface area contributed by atoms with Gasteiger partial charge in [-0.1, -0.05) is 60.6 Å². The number of rotatable bonds is 7. The van der Waals surface area contributed by atoms with Gasteiger partial charge in [-0.25, -0.2) is 0 Å². The van der Waals surface area contributed by atoms with Gasteiger partial charge in [-0.2, -0.15) is 4.98 Å². The summed E-state index contributed by atoms with van der Waals surface area (Å²) in [6.45, 7) is 4.01. The lowest BCUT2D eigenvalue weighted by molar-refractivity contribution is -0.128. The quantitative estimate of drug-likeness (QED) is 0.705. The fourth-order valence-corrected chi connectivity index (χ4v) is 2.47. The Labute approximate surface area is 152 Å². The van der Waals surface area contributed by atoms with Crippen molar-refractivity contribution in [3.63, 3.8) is 0 Å². The molecule has 1 amide bonds. The molecule has 26 heavy (non-hydrogen) atoms. The zero-order valence-corrected chi connectivity index (χ0v) is 14.8. The largest absolute Gasteiger partial charge is 0.480 e. The summed E-state index contributed by atoms with van der Waals surface area (Å²) in [5.41, 5.74) is 1.85. The Hall–Kier alpha value is -3.15. The van der Waals surface area contributed by atoms with Crippen LogP contribution in [0.1, 0.15) is 24.8 Å². The van der Waals surface area contributed by atoms with Crippen LogP contribution in [-0.2, 0) is 11.3 Å². The molecule has 3 rings (SSSR count). The van der Waals surface area contributed by atoms with E-state index >= 15 is 0 Å². The molecule has 2 aromatic carbocycles. The summed E-state index contributed by atoms with van der Waals surface area (Å²) in [5.74, 6) is 1.34. The fourth-order valence-electron chi connectivity index (χ4n) is 2.47. The molecule has 0 aliphatic heterocycles. The predicted octanol–water partition coefficient (Wildman–Crippen LogP) is 3.52. The van der Waals surface area contributed by atoms with Crippen molar-refractivity contribution in [1.82, 2.24) is 15.5 Å². The summed E-state index contributed by atoms with van der Waals surface area (Å²) >= 11 is 0. The number of hydrogen-bond acceptors (Lipinski definition) is 5. The van der Waals surface area contributed by atoms with Crippen molar-refractivity contribution in [3.8, 4) is 17.1 Å². The molecule has 0 aliphatic carbocycles. The third-order valence-electron chi connectivity index (χ3n) is 3.94. The highest BCUT2D eigenvalue weighted by molar-refractivity contribution is 5.81. The van der Waals surface area contributed by atoms with Crippen molar-refractivity contribution in [2.24, 2.45) is 0 Å². The number of benzene rings is 2. The van der Waals surface area contributed by atoms with E-state index in [1.54, 1.807) is 0 Å². The van der Waals surface area contributed by atoms with E-state index in [0.717, 1.165) is 11.1 Å². The molecule has 1 heterocycles. The number of ether oxygens (including phenoxy) is 1.